The molecule has 0 saturated heterocycles. The number of alkyl carbamates (subject to hydrolysis) is 1. The largest absolute Gasteiger partial charge is 0.487 e. The fourth-order valence-electron chi connectivity index (χ4n) is 5.47. The van der Waals surface area contributed by atoms with E-state index in [0.717, 1.165) is 54.5 Å². The summed E-state index contributed by atoms with van der Waals surface area (Å²) >= 11 is 0. The van der Waals surface area contributed by atoms with Gasteiger partial charge in [-0.1, -0.05) is 30.3 Å². The van der Waals surface area contributed by atoms with Crippen LogP contribution in [0.3, 0.4) is 0 Å². The van der Waals surface area contributed by atoms with Gasteiger partial charge < -0.3 is 29.6 Å². The molecule has 2 aromatic rings. The summed E-state index contributed by atoms with van der Waals surface area (Å²) in [7, 11) is 3.22. The molecule has 0 bridgehead atoms. The monoisotopic (exact) mass is 551 g/mol. The second-order valence-corrected chi connectivity index (χ2v) is 10.9. The van der Waals surface area contributed by atoms with Gasteiger partial charge in [0.15, 0.2) is 11.4 Å². The summed E-state index contributed by atoms with van der Waals surface area (Å²) in [6.45, 7) is 3.90. The van der Waals surface area contributed by atoms with Crippen molar-refractivity contribution in [1.82, 2.24) is 10.6 Å². The third-order valence-electron chi connectivity index (χ3n) is 8.48. The SMILES string of the molecule is CO[C@](C)(C(C)=O)[C@H]1CCc2cc(C(=N)N[C@H]3CC[C@@](CNC(=O)OCc4ccccc4)(OC)CC3)ccc2O1. The Morgan fingerprint density at radius 3 is 2.48 bits per heavy atom. The minimum absolute atomic E-state index is 0.0604. The molecule has 1 aliphatic carbocycles. The average Bonchev–Trinajstić information content (AvgIpc) is 2.99. The average molecular weight is 552 g/mol. The van der Waals surface area contributed by atoms with E-state index in [-0.39, 0.29) is 24.5 Å². The number of amidine groups is 1. The molecule has 216 valence electrons. The molecule has 0 unspecified atom stereocenters. The smallest absolute Gasteiger partial charge is 0.407 e. The predicted octanol–water partition coefficient (Wildman–Crippen LogP) is 4.54. The van der Waals surface area contributed by atoms with Gasteiger partial charge in [0.25, 0.3) is 0 Å². The van der Waals surface area contributed by atoms with Gasteiger partial charge in [-0.05, 0) is 81.7 Å². The molecule has 0 aromatic heterocycles. The number of ether oxygens (including phenoxy) is 4. The molecule has 0 spiro atoms. The number of fused-ring (bicyclic) bond motifs is 1. The number of carbonyl (C=O) groups excluding carboxylic acids is 2. The molecule has 1 saturated carbocycles. The fraction of sp³-hybridized carbons (Fsp3) is 0.516. The van der Waals surface area contributed by atoms with E-state index in [1.54, 1.807) is 14.0 Å². The highest BCUT2D eigenvalue weighted by molar-refractivity contribution is 5.97. The first-order valence-corrected chi connectivity index (χ1v) is 13.9. The maximum absolute atomic E-state index is 12.2. The summed E-state index contributed by atoms with van der Waals surface area (Å²) in [6, 6.07) is 15.4. The van der Waals surface area contributed by atoms with Gasteiger partial charge in [-0.15, -0.1) is 0 Å². The summed E-state index contributed by atoms with van der Waals surface area (Å²) < 4.78 is 22.9. The molecule has 9 heteroatoms. The lowest BCUT2D eigenvalue weighted by Crippen LogP contribution is -2.51. The van der Waals surface area contributed by atoms with Crippen LogP contribution >= 0.6 is 0 Å². The Labute approximate surface area is 236 Å². The highest BCUT2D eigenvalue weighted by Crippen LogP contribution is 2.35. The van der Waals surface area contributed by atoms with Gasteiger partial charge in [0.1, 0.15) is 24.3 Å². The maximum atomic E-state index is 12.2. The first-order chi connectivity index (χ1) is 19.2. The van der Waals surface area contributed by atoms with E-state index in [1.165, 1.54) is 14.0 Å². The van der Waals surface area contributed by atoms with Crippen LogP contribution in [0.5, 0.6) is 5.75 Å². The number of Topliss-reactive ketones (excluding diaryl/α,β-unsaturated/α-hetero) is 1. The number of methoxy groups -OCH3 is 2. The van der Waals surface area contributed by atoms with Crippen molar-refractivity contribution in [2.75, 3.05) is 20.8 Å². The summed E-state index contributed by atoms with van der Waals surface area (Å²) in [4.78, 5) is 24.4. The van der Waals surface area contributed by atoms with Crippen LogP contribution in [0.25, 0.3) is 0 Å². The molecule has 3 N–H and O–H groups in total. The molecular formula is C31H41N3O6. The first-order valence-electron chi connectivity index (χ1n) is 13.9. The number of hydrogen-bond acceptors (Lipinski definition) is 7. The molecule has 1 fully saturated rings. The van der Waals surface area contributed by atoms with Gasteiger partial charge in [0, 0.05) is 32.4 Å². The highest BCUT2D eigenvalue weighted by atomic mass is 16.6. The number of rotatable bonds is 10. The quantitative estimate of drug-likeness (QED) is 0.293. The van der Waals surface area contributed by atoms with Crippen molar-refractivity contribution in [2.24, 2.45) is 0 Å². The zero-order chi connectivity index (χ0) is 28.8. The minimum atomic E-state index is -0.985. The van der Waals surface area contributed by atoms with Crippen molar-refractivity contribution in [2.45, 2.75) is 82.3 Å². The number of amides is 1. The lowest BCUT2D eigenvalue weighted by Gasteiger charge is -2.39. The van der Waals surface area contributed by atoms with Crippen LogP contribution in [0.2, 0.25) is 0 Å². The van der Waals surface area contributed by atoms with Crippen molar-refractivity contribution < 1.29 is 28.5 Å². The van der Waals surface area contributed by atoms with Gasteiger partial charge in [0.05, 0.1) is 5.60 Å². The Hall–Kier alpha value is -3.43. The lowest BCUT2D eigenvalue weighted by atomic mass is 9.81. The fourth-order valence-corrected chi connectivity index (χ4v) is 5.47. The van der Waals surface area contributed by atoms with Crippen LogP contribution in [0.4, 0.5) is 4.79 Å². The maximum Gasteiger partial charge on any atom is 0.407 e. The molecular weight excluding hydrogens is 510 g/mol. The Morgan fingerprint density at radius 1 is 1.10 bits per heavy atom. The molecule has 2 aromatic carbocycles. The van der Waals surface area contributed by atoms with Gasteiger partial charge in [0.2, 0.25) is 0 Å². The standard InChI is InChI=1S/C31H41N3O6/c1-21(35)30(2,37-3)27-13-11-23-18-24(10-12-26(23)40-27)28(32)34-25-14-16-31(38-4,17-15-25)20-33-29(36)39-19-22-8-6-5-7-9-22/h5-10,12,18,25,27H,11,13-17,19-20H2,1-4H3,(H2,32,34)(H,33,36)/t25-,27-,30-,31+/m1/s1. The van der Waals surface area contributed by atoms with E-state index in [9.17, 15) is 9.59 Å². The van der Waals surface area contributed by atoms with Crippen LogP contribution < -0.4 is 15.4 Å². The predicted molar refractivity (Wildman–Crippen MR) is 152 cm³/mol. The van der Waals surface area contributed by atoms with Gasteiger partial charge in [-0.25, -0.2) is 4.79 Å². The Bertz CT molecular complexity index is 1190. The zero-order valence-electron chi connectivity index (χ0n) is 23.9. The van der Waals surface area contributed by atoms with Crippen molar-refractivity contribution in [3.05, 3.63) is 65.2 Å². The zero-order valence-corrected chi connectivity index (χ0v) is 23.9. The number of carbonyl (C=O) groups is 2. The second-order valence-electron chi connectivity index (χ2n) is 10.9. The van der Waals surface area contributed by atoms with E-state index in [0.29, 0.717) is 18.8 Å². The number of benzene rings is 2. The van der Waals surface area contributed by atoms with E-state index < -0.39 is 17.3 Å². The molecule has 2 atom stereocenters. The highest BCUT2D eigenvalue weighted by Gasteiger charge is 2.42. The molecule has 4 rings (SSSR count). The molecule has 9 nitrogen and oxygen atoms in total. The number of ketones is 1. The third kappa shape index (κ3) is 6.82. The van der Waals surface area contributed by atoms with E-state index in [4.69, 9.17) is 24.4 Å². The van der Waals surface area contributed by atoms with Gasteiger partial charge >= 0.3 is 6.09 Å². The Morgan fingerprint density at radius 2 is 1.82 bits per heavy atom. The summed E-state index contributed by atoms with van der Waals surface area (Å²) in [6.07, 6.45) is 3.72. The molecule has 1 aliphatic heterocycles. The molecule has 1 heterocycles. The first kappa shape index (κ1) is 29.6. The van der Waals surface area contributed by atoms with Crippen molar-refractivity contribution in [3.8, 4) is 5.75 Å². The van der Waals surface area contributed by atoms with Gasteiger partial charge in [-0.3, -0.25) is 10.2 Å². The minimum Gasteiger partial charge on any atom is -0.487 e. The molecule has 1 amide bonds. The number of nitrogens with one attached hydrogen (secondary N) is 3. The van der Waals surface area contributed by atoms with Crippen molar-refractivity contribution in [3.63, 3.8) is 0 Å². The number of hydrogen-bond donors (Lipinski definition) is 3. The van der Waals surface area contributed by atoms with Crippen LogP contribution in [0.1, 0.15) is 62.6 Å². The molecule has 40 heavy (non-hydrogen) atoms. The van der Waals surface area contributed by atoms with Crippen LogP contribution in [-0.4, -0.2) is 61.8 Å². The summed E-state index contributed by atoms with van der Waals surface area (Å²) in [5, 5.41) is 14.9. The second kappa shape index (κ2) is 12.8. The molecule has 2 aliphatic rings. The van der Waals surface area contributed by atoms with E-state index in [2.05, 4.69) is 10.6 Å². The Kier molecular flexibility index (Phi) is 9.48. The normalized spacial score (nSPS) is 23.6. The lowest BCUT2D eigenvalue weighted by molar-refractivity contribution is -0.149. The Balaban J connectivity index is 1.26. The van der Waals surface area contributed by atoms with Crippen LogP contribution in [0.15, 0.2) is 48.5 Å². The summed E-state index contributed by atoms with van der Waals surface area (Å²) in [5.41, 5.74) is 1.32. The number of aryl methyl sites for hydroxylation is 1. The van der Waals surface area contributed by atoms with E-state index >= 15 is 0 Å². The van der Waals surface area contributed by atoms with Crippen molar-refractivity contribution >= 4 is 17.7 Å². The topological polar surface area (TPSA) is 119 Å². The third-order valence-corrected chi connectivity index (χ3v) is 8.48. The van der Waals surface area contributed by atoms with E-state index in [1.807, 2.05) is 48.5 Å². The van der Waals surface area contributed by atoms with Crippen molar-refractivity contribution in [1.29, 1.82) is 5.41 Å². The van der Waals surface area contributed by atoms with Crippen LogP contribution in [0, 0.1) is 5.41 Å². The molecule has 0 radical (unpaired) electrons. The van der Waals surface area contributed by atoms with Crippen LogP contribution in [-0.2, 0) is 32.0 Å². The summed E-state index contributed by atoms with van der Waals surface area (Å²) in [5.74, 6) is 1.04. The van der Waals surface area contributed by atoms with Gasteiger partial charge in [-0.2, -0.15) is 0 Å².